The van der Waals surface area contributed by atoms with Gasteiger partial charge in [-0.1, -0.05) is 12.8 Å². The van der Waals surface area contributed by atoms with Gasteiger partial charge in [0.05, 0.1) is 6.26 Å². The second-order valence-corrected chi connectivity index (χ2v) is 3.95. The minimum absolute atomic E-state index is 0.596. The normalized spacial score (nSPS) is 18.8. The molecule has 1 aliphatic carbocycles. The van der Waals surface area contributed by atoms with Crippen LogP contribution in [0.4, 0.5) is 0 Å². The molecule has 0 radical (unpaired) electrons. The van der Waals surface area contributed by atoms with Crippen LogP contribution >= 0.6 is 0 Å². The summed E-state index contributed by atoms with van der Waals surface area (Å²) in [6.45, 7) is 0. The van der Waals surface area contributed by atoms with Gasteiger partial charge < -0.3 is 9.73 Å². The average molecular weight is 179 g/mol. The van der Waals surface area contributed by atoms with E-state index < -0.39 is 0 Å². The topological polar surface area (TPSA) is 25.2 Å². The van der Waals surface area contributed by atoms with Gasteiger partial charge in [0.15, 0.2) is 0 Å². The molecule has 1 aromatic rings. The highest BCUT2D eigenvalue weighted by Crippen LogP contribution is 2.34. The summed E-state index contributed by atoms with van der Waals surface area (Å²) >= 11 is 0. The molecule has 0 amide bonds. The summed E-state index contributed by atoms with van der Waals surface area (Å²) in [6.07, 6.45) is 6.93. The Labute approximate surface area is 79.3 Å². The van der Waals surface area contributed by atoms with Crippen molar-refractivity contribution in [1.29, 1.82) is 0 Å². The van der Waals surface area contributed by atoms with Crippen molar-refractivity contribution in [1.82, 2.24) is 5.32 Å². The molecule has 1 atom stereocenters. The third-order valence-electron chi connectivity index (χ3n) is 2.75. The van der Waals surface area contributed by atoms with Crippen LogP contribution in [0.15, 0.2) is 22.8 Å². The molecule has 72 valence electrons. The first-order chi connectivity index (χ1) is 6.38. The van der Waals surface area contributed by atoms with Gasteiger partial charge in [-0.25, -0.2) is 0 Å². The lowest BCUT2D eigenvalue weighted by Gasteiger charge is -2.13. The van der Waals surface area contributed by atoms with Crippen LogP contribution in [-0.2, 0) is 6.42 Å². The lowest BCUT2D eigenvalue weighted by atomic mass is 10.1. The van der Waals surface area contributed by atoms with E-state index in [2.05, 4.69) is 11.4 Å². The lowest BCUT2D eigenvalue weighted by molar-refractivity contribution is 0.430. The maximum Gasteiger partial charge on any atom is 0.105 e. The Morgan fingerprint density at radius 2 is 2.46 bits per heavy atom. The Balaban J connectivity index is 1.82. The summed E-state index contributed by atoms with van der Waals surface area (Å²) in [7, 11) is 2.04. The molecule has 0 bridgehead atoms. The van der Waals surface area contributed by atoms with Crippen molar-refractivity contribution in [2.45, 2.75) is 31.7 Å². The van der Waals surface area contributed by atoms with Crippen molar-refractivity contribution in [3.8, 4) is 0 Å². The monoisotopic (exact) mass is 179 g/mol. The molecule has 1 saturated carbocycles. The molecule has 2 rings (SSSR count). The lowest BCUT2D eigenvalue weighted by Crippen LogP contribution is -2.27. The predicted octanol–water partition coefficient (Wildman–Crippen LogP) is 2.21. The number of hydrogen-bond acceptors (Lipinski definition) is 2. The highest BCUT2D eigenvalue weighted by molar-refractivity contribution is 5.01. The van der Waals surface area contributed by atoms with Crippen LogP contribution < -0.4 is 5.32 Å². The number of rotatable bonds is 5. The van der Waals surface area contributed by atoms with Crippen molar-refractivity contribution in [2.75, 3.05) is 7.05 Å². The van der Waals surface area contributed by atoms with Crippen LogP contribution in [0.2, 0.25) is 0 Å². The zero-order chi connectivity index (χ0) is 9.10. The van der Waals surface area contributed by atoms with Gasteiger partial charge in [0.1, 0.15) is 5.76 Å². The molecule has 1 unspecified atom stereocenters. The minimum Gasteiger partial charge on any atom is -0.469 e. The number of hydrogen-bond donors (Lipinski definition) is 1. The van der Waals surface area contributed by atoms with Crippen molar-refractivity contribution in [2.24, 2.45) is 5.92 Å². The minimum atomic E-state index is 0.596. The van der Waals surface area contributed by atoms with Gasteiger partial charge in [0.25, 0.3) is 0 Å². The largest absolute Gasteiger partial charge is 0.469 e. The summed E-state index contributed by atoms with van der Waals surface area (Å²) in [4.78, 5) is 0. The third-order valence-corrected chi connectivity index (χ3v) is 2.75. The molecule has 1 N–H and O–H groups in total. The molecule has 1 heterocycles. The van der Waals surface area contributed by atoms with Gasteiger partial charge in [0.2, 0.25) is 0 Å². The second-order valence-electron chi connectivity index (χ2n) is 3.95. The van der Waals surface area contributed by atoms with E-state index in [1.807, 2.05) is 13.1 Å². The smallest absolute Gasteiger partial charge is 0.105 e. The fourth-order valence-corrected chi connectivity index (χ4v) is 1.73. The van der Waals surface area contributed by atoms with Gasteiger partial charge in [-0.2, -0.15) is 0 Å². The first-order valence-electron chi connectivity index (χ1n) is 5.08. The van der Waals surface area contributed by atoms with E-state index in [1.54, 1.807) is 6.26 Å². The maximum absolute atomic E-state index is 5.33. The third kappa shape index (κ3) is 2.59. The van der Waals surface area contributed by atoms with Crippen LogP contribution in [0.25, 0.3) is 0 Å². The zero-order valence-corrected chi connectivity index (χ0v) is 8.12. The molecule has 0 aliphatic heterocycles. The molecule has 1 aliphatic rings. The Morgan fingerprint density at radius 1 is 1.62 bits per heavy atom. The van der Waals surface area contributed by atoms with Gasteiger partial charge >= 0.3 is 0 Å². The first-order valence-corrected chi connectivity index (χ1v) is 5.08. The van der Waals surface area contributed by atoms with E-state index in [0.717, 1.165) is 18.1 Å². The molecule has 1 fully saturated rings. The van der Waals surface area contributed by atoms with Crippen molar-refractivity contribution in [3.05, 3.63) is 24.2 Å². The fraction of sp³-hybridized carbons (Fsp3) is 0.636. The van der Waals surface area contributed by atoms with E-state index in [9.17, 15) is 0 Å². The fourth-order valence-electron chi connectivity index (χ4n) is 1.73. The van der Waals surface area contributed by atoms with Crippen LogP contribution in [0, 0.1) is 5.92 Å². The highest BCUT2D eigenvalue weighted by Gasteiger charge is 2.25. The second kappa shape index (κ2) is 3.97. The van der Waals surface area contributed by atoms with Crippen molar-refractivity contribution < 1.29 is 4.42 Å². The Bertz CT molecular complexity index is 239. The summed E-state index contributed by atoms with van der Waals surface area (Å²) in [6, 6.07) is 4.61. The molecule has 2 heteroatoms. The predicted molar refractivity (Wildman–Crippen MR) is 52.6 cm³/mol. The maximum atomic E-state index is 5.33. The molecule has 0 aromatic carbocycles. The Hall–Kier alpha value is -0.760. The van der Waals surface area contributed by atoms with Crippen LogP contribution in [0.5, 0.6) is 0 Å². The average Bonchev–Trinajstić information content (AvgIpc) is 2.80. The standard InChI is InChI=1S/C11H17NO/c1-12-10(7-9-4-5-9)8-11-3-2-6-13-11/h2-3,6,9-10,12H,4-5,7-8H2,1H3. The molecule has 1 aromatic heterocycles. The molecule has 0 spiro atoms. The van der Waals surface area contributed by atoms with Gasteiger partial charge in [-0.05, 0) is 31.5 Å². The number of likely N-dealkylation sites (N-methyl/N-ethyl adjacent to an activating group) is 1. The van der Waals surface area contributed by atoms with Gasteiger partial charge in [0, 0.05) is 12.5 Å². The molecule has 0 saturated heterocycles. The van der Waals surface area contributed by atoms with Crippen molar-refractivity contribution >= 4 is 0 Å². The number of furan rings is 1. The van der Waals surface area contributed by atoms with E-state index in [-0.39, 0.29) is 0 Å². The summed E-state index contributed by atoms with van der Waals surface area (Å²) in [5, 5.41) is 3.35. The molecular formula is C11H17NO. The van der Waals surface area contributed by atoms with Crippen LogP contribution in [0.3, 0.4) is 0 Å². The van der Waals surface area contributed by atoms with E-state index in [1.165, 1.54) is 19.3 Å². The van der Waals surface area contributed by atoms with Crippen LogP contribution in [0.1, 0.15) is 25.0 Å². The van der Waals surface area contributed by atoms with Gasteiger partial charge in [-0.15, -0.1) is 0 Å². The van der Waals surface area contributed by atoms with E-state index >= 15 is 0 Å². The summed E-state index contributed by atoms with van der Waals surface area (Å²) in [5.74, 6) is 2.08. The summed E-state index contributed by atoms with van der Waals surface area (Å²) < 4.78 is 5.33. The number of nitrogens with one attached hydrogen (secondary N) is 1. The molecular weight excluding hydrogens is 162 g/mol. The molecule has 2 nitrogen and oxygen atoms in total. The molecule has 13 heavy (non-hydrogen) atoms. The summed E-state index contributed by atoms with van der Waals surface area (Å²) in [5.41, 5.74) is 0. The highest BCUT2D eigenvalue weighted by atomic mass is 16.3. The quantitative estimate of drug-likeness (QED) is 0.749. The van der Waals surface area contributed by atoms with Crippen LogP contribution in [-0.4, -0.2) is 13.1 Å². The first kappa shape index (κ1) is 8.82. The SMILES string of the molecule is CNC(Cc1ccco1)CC1CC1. The van der Waals surface area contributed by atoms with Crippen molar-refractivity contribution in [3.63, 3.8) is 0 Å². The van der Waals surface area contributed by atoms with E-state index in [0.29, 0.717) is 6.04 Å². The Morgan fingerprint density at radius 3 is 3.00 bits per heavy atom. The van der Waals surface area contributed by atoms with E-state index in [4.69, 9.17) is 4.42 Å². The Kier molecular flexibility index (Phi) is 2.69. The van der Waals surface area contributed by atoms with Gasteiger partial charge in [-0.3, -0.25) is 0 Å². The zero-order valence-electron chi connectivity index (χ0n) is 8.12.